The van der Waals surface area contributed by atoms with Gasteiger partial charge in [-0.15, -0.1) is 6.58 Å². The van der Waals surface area contributed by atoms with E-state index in [0.717, 1.165) is 25.2 Å². The predicted octanol–water partition coefficient (Wildman–Crippen LogP) is 6.12. The van der Waals surface area contributed by atoms with Crippen molar-refractivity contribution in [3.05, 3.63) is 72.8 Å². The minimum atomic E-state index is -5.08. The lowest BCUT2D eigenvalue weighted by molar-refractivity contribution is -0.192. The van der Waals surface area contributed by atoms with Gasteiger partial charge < -0.3 is 14.9 Å². The highest BCUT2D eigenvalue weighted by Gasteiger charge is 2.42. The molecule has 2 bridgehead atoms. The quantitative estimate of drug-likeness (QED) is 0.416. The number of carboxylic acids is 1. The van der Waals surface area contributed by atoms with Crippen LogP contribution in [0, 0.1) is 0 Å². The van der Waals surface area contributed by atoms with E-state index in [1.165, 1.54) is 37.1 Å². The second-order valence-electron chi connectivity index (χ2n) is 9.53. The van der Waals surface area contributed by atoms with Crippen molar-refractivity contribution in [1.29, 1.82) is 0 Å². The number of piperidine rings is 1. The van der Waals surface area contributed by atoms with E-state index >= 15 is 0 Å². The van der Waals surface area contributed by atoms with Crippen LogP contribution in [0.2, 0.25) is 0 Å². The smallest absolute Gasteiger partial charge is 0.475 e. The molecule has 2 aromatic rings. The number of nitrogens with zero attached hydrogens (tertiary/aromatic N) is 3. The SMILES string of the molecule is C=CCN1[C@@H]2CC[C@H]1C[C@@H](N(c1ccccc1)c1ccc(C(=O)N(CC)CC)cc1)C2.O=C(O)C(F)(F)F. The van der Waals surface area contributed by atoms with Crippen molar-refractivity contribution in [3.63, 3.8) is 0 Å². The summed E-state index contributed by atoms with van der Waals surface area (Å²) in [6.45, 7) is 10.5. The molecule has 6 nitrogen and oxygen atoms in total. The van der Waals surface area contributed by atoms with Crippen LogP contribution in [-0.4, -0.2) is 70.7 Å². The summed E-state index contributed by atoms with van der Waals surface area (Å²) in [4.78, 5) is 28.7. The van der Waals surface area contributed by atoms with Gasteiger partial charge in [0.05, 0.1) is 0 Å². The molecule has 2 saturated heterocycles. The molecule has 2 aromatic carbocycles. The van der Waals surface area contributed by atoms with Gasteiger partial charge in [-0.2, -0.15) is 13.2 Å². The summed E-state index contributed by atoms with van der Waals surface area (Å²) in [5.74, 6) is -2.65. The van der Waals surface area contributed by atoms with Crippen molar-refractivity contribution in [1.82, 2.24) is 9.80 Å². The first-order valence-electron chi connectivity index (χ1n) is 13.0. The number of alkyl halides is 3. The number of anilines is 2. The van der Waals surface area contributed by atoms with E-state index in [1.54, 1.807) is 0 Å². The van der Waals surface area contributed by atoms with Crippen molar-refractivity contribution < 1.29 is 27.9 Å². The van der Waals surface area contributed by atoms with Crippen LogP contribution in [0.15, 0.2) is 67.3 Å². The second kappa shape index (κ2) is 13.0. The topological polar surface area (TPSA) is 64.1 Å². The Hall–Kier alpha value is -3.33. The average Bonchev–Trinajstić information content (AvgIpc) is 3.13. The summed E-state index contributed by atoms with van der Waals surface area (Å²) in [6, 6.07) is 20.7. The fourth-order valence-corrected chi connectivity index (χ4v) is 5.52. The van der Waals surface area contributed by atoms with Gasteiger partial charge in [-0.05, 0) is 75.9 Å². The number of benzene rings is 2. The molecule has 2 heterocycles. The Balaban J connectivity index is 0.000000505. The molecule has 1 N–H and O–H groups in total. The summed E-state index contributed by atoms with van der Waals surface area (Å²) in [5.41, 5.74) is 3.16. The zero-order valence-corrected chi connectivity index (χ0v) is 21.9. The van der Waals surface area contributed by atoms with Crippen molar-refractivity contribution in [2.45, 2.75) is 63.8 Å². The van der Waals surface area contributed by atoms with E-state index < -0.39 is 12.1 Å². The van der Waals surface area contributed by atoms with Gasteiger partial charge in [-0.3, -0.25) is 9.69 Å². The highest BCUT2D eigenvalue weighted by atomic mass is 19.4. The highest BCUT2D eigenvalue weighted by molar-refractivity contribution is 5.94. The normalized spacial score (nSPS) is 20.7. The number of aliphatic carboxylic acids is 1. The molecule has 2 fully saturated rings. The minimum Gasteiger partial charge on any atom is -0.475 e. The average molecular weight is 532 g/mol. The molecular formula is C29H36F3N3O3. The van der Waals surface area contributed by atoms with Crippen LogP contribution in [0.1, 0.15) is 49.9 Å². The zero-order valence-electron chi connectivity index (χ0n) is 21.9. The summed E-state index contributed by atoms with van der Waals surface area (Å²) in [5, 5.41) is 7.12. The molecule has 0 saturated carbocycles. The molecule has 2 aliphatic heterocycles. The number of carbonyl (C=O) groups excluding carboxylic acids is 1. The molecule has 0 aromatic heterocycles. The molecule has 38 heavy (non-hydrogen) atoms. The predicted molar refractivity (Wildman–Crippen MR) is 143 cm³/mol. The molecule has 0 radical (unpaired) electrons. The van der Waals surface area contributed by atoms with Crippen LogP contribution >= 0.6 is 0 Å². The Bertz CT molecular complexity index is 1060. The third kappa shape index (κ3) is 6.95. The van der Waals surface area contributed by atoms with Gasteiger partial charge in [0.25, 0.3) is 5.91 Å². The molecule has 9 heteroatoms. The molecule has 2 aliphatic rings. The Kier molecular flexibility index (Phi) is 9.96. The number of para-hydroxylation sites is 1. The number of amides is 1. The molecule has 1 amide bonds. The second-order valence-corrected chi connectivity index (χ2v) is 9.53. The van der Waals surface area contributed by atoms with Gasteiger partial charge in [0.15, 0.2) is 0 Å². The van der Waals surface area contributed by atoms with Crippen LogP contribution in [0.4, 0.5) is 24.5 Å². The maximum Gasteiger partial charge on any atom is 0.490 e. The molecule has 0 aliphatic carbocycles. The van der Waals surface area contributed by atoms with Crippen LogP contribution < -0.4 is 4.90 Å². The lowest BCUT2D eigenvalue weighted by atomic mass is 9.94. The van der Waals surface area contributed by atoms with Crippen LogP contribution in [0.5, 0.6) is 0 Å². The van der Waals surface area contributed by atoms with Gasteiger partial charge in [-0.25, -0.2) is 4.79 Å². The maximum atomic E-state index is 12.8. The number of hydrogen-bond donors (Lipinski definition) is 1. The molecule has 3 atom stereocenters. The Morgan fingerprint density at radius 1 is 0.974 bits per heavy atom. The lowest BCUT2D eigenvalue weighted by Gasteiger charge is -2.44. The Morgan fingerprint density at radius 3 is 1.92 bits per heavy atom. The fraction of sp³-hybridized carbons (Fsp3) is 0.448. The van der Waals surface area contributed by atoms with Gasteiger partial charge in [0.2, 0.25) is 0 Å². The number of carbonyl (C=O) groups is 2. The first-order chi connectivity index (χ1) is 18.1. The third-order valence-electron chi connectivity index (χ3n) is 7.28. The van der Waals surface area contributed by atoms with Crippen LogP contribution in [0.3, 0.4) is 0 Å². The van der Waals surface area contributed by atoms with E-state index in [4.69, 9.17) is 9.90 Å². The van der Waals surface area contributed by atoms with E-state index in [-0.39, 0.29) is 5.91 Å². The van der Waals surface area contributed by atoms with Crippen molar-refractivity contribution in [2.75, 3.05) is 24.5 Å². The molecule has 206 valence electrons. The van der Waals surface area contributed by atoms with Gasteiger partial charge in [0, 0.05) is 54.7 Å². The minimum absolute atomic E-state index is 0.110. The van der Waals surface area contributed by atoms with Gasteiger partial charge in [-0.1, -0.05) is 24.3 Å². The first kappa shape index (κ1) is 29.2. The number of carboxylic acid groups (broad SMARTS) is 1. The number of fused-ring (bicyclic) bond motifs is 2. The number of hydrogen-bond acceptors (Lipinski definition) is 4. The fourth-order valence-electron chi connectivity index (χ4n) is 5.52. The first-order valence-corrected chi connectivity index (χ1v) is 13.0. The van der Waals surface area contributed by atoms with Gasteiger partial charge in [0.1, 0.15) is 0 Å². The summed E-state index contributed by atoms with van der Waals surface area (Å²) in [6.07, 6.45) is 1.87. The number of rotatable bonds is 8. The van der Waals surface area contributed by atoms with Crippen LogP contribution in [0.25, 0.3) is 0 Å². The van der Waals surface area contributed by atoms with E-state index in [0.29, 0.717) is 18.1 Å². The summed E-state index contributed by atoms with van der Waals surface area (Å²) in [7, 11) is 0. The van der Waals surface area contributed by atoms with E-state index in [2.05, 4.69) is 58.8 Å². The van der Waals surface area contributed by atoms with Gasteiger partial charge >= 0.3 is 12.1 Å². The van der Waals surface area contributed by atoms with E-state index in [9.17, 15) is 18.0 Å². The molecule has 0 unspecified atom stereocenters. The van der Waals surface area contributed by atoms with Crippen molar-refractivity contribution >= 4 is 23.3 Å². The highest BCUT2D eigenvalue weighted by Crippen LogP contribution is 2.41. The Morgan fingerprint density at radius 2 is 1.47 bits per heavy atom. The maximum absolute atomic E-state index is 12.8. The molecule has 0 spiro atoms. The summed E-state index contributed by atoms with van der Waals surface area (Å²) >= 11 is 0. The van der Waals surface area contributed by atoms with Crippen molar-refractivity contribution in [3.8, 4) is 0 Å². The van der Waals surface area contributed by atoms with E-state index in [1.807, 2.05) is 37.0 Å². The zero-order chi connectivity index (χ0) is 27.9. The third-order valence-corrected chi connectivity index (χ3v) is 7.28. The largest absolute Gasteiger partial charge is 0.490 e. The number of halogens is 3. The Labute approximate surface area is 222 Å². The van der Waals surface area contributed by atoms with Crippen LogP contribution in [-0.2, 0) is 4.79 Å². The lowest BCUT2D eigenvalue weighted by Crippen LogP contribution is -2.49. The summed E-state index contributed by atoms with van der Waals surface area (Å²) < 4.78 is 31.7. The standard InChI is InChI=1S/C27H35N3O.C2HF3O2/c1-4-18-29-24-16-17-25(29)20-26(19-24)30(22-10-8-7-9-11-22)23-14-12-21(13-15-23)27(31)28(5-2)6-3;3-2(4,5)1(6)7/h4,7-15,24-26H,1,5-6,16-20H2,2-3H3;(H,6,7)/t24-,25+,26+;. The molecular weight excluding hydrogens is 495 g/mol. The monoisotopic (exact) mass is 531 g/mol. The molecule has 4 rings (SSSR count). The van der Waals surface area contributed by atoms with Crippen molar-refractivity contribution in [2.24, 2.45) is 0 Å².